The SMILES string of the molecule is O=c1ccnc(C#Cc2ccccc2)[nH]1. The molecule has 3 nitrogen and oxygen atoms in total. The summed E-state index contributed by atoms with van der Waals surface area (Å²) in [6.07, 6.45) is 1.44. The van der Waals surface area contributed by atoms with Crippen LogP contribution in [0.25, 0.3) is 0 Å². The van der Waals surface area contributed by atoms with Gasteiger partial charge in [0.1, 0.15) is 0 Å². The van der Waals surface area contributed by atoms with Gasteiger partial charge in [-0.05, 0) is 18.1 Å². The molecule has 72 valence electrons. The maximum atomic E-state index is 10.9. The molecule has 1 aromatic heterocycles. The summed E-state index contributed by atoms with van der Waals surface area (Å²) in [5.74, 6) is 6.07. The zero-order valence-corrected chi connectivity index (χ0v) is 7.90. The lowest BCUT2D eigenvalue weighted by Crippen LogP contribution is -2.06. The van der Waals surface area contributed by atoms with Gasteiger partial charge in [-0.25, -0.2) is 4.98 Å². The molecule has 0 unspecified atom stereocenters. The Morgan fingerprint density at radius 3 is 2.60 bits per heavy atom. The molecular formula is C12H8N2O. The van der Waals surface area contributed by atoms with Gasteiger partial charge < -0.3 is 0 Å². The average Bonchev–Trinajstić information content (AvgIpc) is 2.28. The van der Waals surface area contributed by atoms with Crippen LogP contribution in [0.2, 0.25) is 0 Å². The smallest absolute Gasteiger partial charge is 0.251 e. The molecule has 3 heteroatoms. The van der Waals surface area contributed by atoms with Crippen LogP contribution in [0.15, 0.2) is 47.4 Å². The van der Waals surface area contributed by atoms with Crippen molar-refractivity contribution in [2.45, 2.75) is 0 Å². The number of nitrogens with one attached hydrogen (secondary N) is 1. The first-order chi connectivity index (χ1) is 7.34. The summed E-state index contributed by atoms with van der Waals surface area (Å²) >= 11 is 0. The molecular weight excluding hydrogens is 188 g/mol. The van der Waals surface area contributed by atoms with Crippen LogP contribution in [0.5, 0.6) is 0 Å². The fourth-order valence-corrected chi connectivity index (χ4v) is 1.09. The summed E-state index contributed by atoms with van der Waals surface area (Å²) in [6.45, 7) is 0. The van der Waals surface area contributed by atoms with Crippen molar-refractivity contribution in [3.63, 3.8) is 0 Å². The van der Waals surface area contributed by atoms with Crippen LogP contribution in [0.3, 0.4) is 0 Å². The summed E-state index contributed by atoms with van der Waals surface area (Å²) < 4.78 is 0. The minimum Gasteiger partial charge on any atom is -0.300 e. The monoisotopic (exact) mass is 196 g/mol. The largest absolute Gasteiger partial charge is 0.300 e. The third-order valence-electron chi connectivity index (χ3n) is 1.77. The minimum absolute atomic E-state index is 0.192. The van der Waals surface area contributed by atoms with Gasteiger partial charge in [-0.2, -0.15) is 0 Å². The molecule has 0 fully saturated rings. The Morgan fingerprint density at radius 2 is 1.87 bits per heavy atom. The highest BCUT2D eigenvalue weighted by molar-refractivity contribution is 5.37. The maximum absolute atomic E-state index is 10.9. The van der Waals surface area contributed by atoms with Crippen molar-refractivity contribution >= 4 is 0 Å². The number of aromatic nitrogens is 2. The molecule has 0 aliphatic rings. The highest BCUT2D eigenvalue weighted by Gasteiger charge is 1.87. The molecule has 0 atom stereocenters. The summed E-state index contributed by atoms with van der Waals surface area (Å²) in [4.78, 5) is 17.4. The zero-order valence-electron chi connectivity index (χ0n) is 7.90. The molecule has 2 aromatic rings. The molecule has 0 radical (unpaired) electrons. The van der Waals surface area contributed by atoms with E-state index in [9.17, 15) is 4.79 Å². The van der Waals surface area contributed by atoms with Crippen molar-refractivity contribution in [2.24, 2.45) is 0 Å². The number of H-pyrrole nitrogens is 1. The normalized spacial score (nSPS) is 9.07. The van der Waals surface area contributed by atoms with Gasteiger partial charge in [-0.1, -0.05) is 24.1 Å². The number of hydrogen-bond acceptors (Lipinski definition) is 2. The number of benzene rings is 1. The van der Waals surface area contributed by atoms with Crippen molar-refractivity contribution in [3.05, 3.63) is 64.3 Å². The first-order valence-corrected chi connectivity index (χ1v) is 4.47. The molecule has 1 N–H and O–H groups in total. The molecule has 0 aliphatic heterocycles. The first-order valence-electron chi connectivity index (χ1n) is 4.47. The van der Waals surface area contributed by atoms with Crippen molar-refractivity contribution < 1.29 is 0 Å². The van der Waals surface area contributed by atoms with Gasteiger partial charge in [0, 0.05) is 17.8 Å². The maximum Gasteiger partial charge on any atom is 0.251 e. The van der Waals surface area contributed by atoms with Crippen molar-refractivity contribution in [2.75, 3.05) is 0 Å². The lowest BCUT2D eigenvalue weighted by atomic mass is 10.2. The highest BCUT2D eigenvalue weighted by atomic mass is 16.1. The molecule has 1 aromatic carbocycles. The van der Waals surface area contributed by atoms with E-state index in [0.717, 1.165) is 5.56 Å². The van der Waals surface area contributed by atoms with E-state index in [1.165, 1.54) is 12.3 Å². The van der Waals surface area contributed by atoms with E-state index < -0.39 is 0 Å². The van der Waals surface area contributed by atoms with Gasteiger partial charge in [-0.15, -0.1) is 0 Å². The summed E-state index contributed by atoms with van der Waals surface area (Å²) in [5.41, 5.74) is 0.700. The predicted octanol–water partition coefficient (Wildman–Crippen LogP) is 1.17. The Kier molecular flexibility index (Phi) is 2.61. The van der Waals surface area contributed by atoms with Gasteiger partial charge in [0.05, 0.1) is 0 Å². The molecule has 0 bridgehead atoms. The van der Waals surface area contributed by atoms with Gasteiger partial charge >= 0.3 is 0 Å². The van der Waals surface area contributed by atoms with E-state index in [1.54, 1.807) is 0 Å². The second-order valence-electron chi connectivity index (χ2n) is 2.90. The van der Waals surface area contributed by atoms with E-state index in [2.05, 4.69) is 21.8 Å². The molecule has 0 aliphatic carbocycles. The summed E-state index contributed by atoms with van der Waals surface area (Å²) in [7, 11) is 0. The molecule has 1 heterocycles. The Bertz CT molecular complexity index is 561. The Balaban J connectivity index is 2.30. The van der Waals surface area contributed by atoms with Crippen LogP contribution >= 0.6 is 0 Å². The number of hydrogen-bond donors (Lipinski definition) is 1. The van der Waals surface area contributed by atoms with Crippen LogP contribution in [-0.4, -0.2) is 9.97 Å². The molecule has 0 saturated carbocycles. The Morgan fingerprint density at radius 1 is 1.07 bits per heavy atom. The lowest BCUT2D eigenvalue weighted by molar-refractivity contribution is 1.08. The molecule has 15 heavy (non-hydrogen) atoms. The van der Waals surface area contributed by atoms with E-state index in [0.29, 0.717) is 5.82 Å². The van der Waals surface area contributed by atoms with Crippen LogP contribution in [-0.2, 0) is 0 Å². The highest BCUT2D eigenvalue weighted by Crippen LogP contribution is 1.95. The lowest BCUT2D eigenvalue weighted by Gasteiger charge is -1.88. The second kappa shape index (κ2) is 4.25. The van der Waals surface area contributed by atoms with E-state index in [1.807, 2.05) is 30.3 Å². The summed E-state index contributed by atoms with van der Waals surface area (Å²) in [6, 6.07) is 10.9. The molecule has 0 amide bonds. The molecule has 0 spiro atoms. The quantitative estimate of drug-likeness (QED) is 0.643. The van der Waals surface area contributed by atoms with Crippen molar-refractivity contribution in [1.29, 1.82) is 0 Å². The number of aromatic amines is 1. The third kappa shape index (κ3) is 2.55. The Labute approximate surface area is 86.8 Å². The van der Waals surface area contributed by atoms with Crippen LogP contribution in [0.4, 0.5) is 0 Å². The van der Waals surface area contributed by atoms with E-state index in [-0.39, 0.29) is 5.56 Å². The van der Waals surface area contributed by atoms with E-state index in [4.69, 9.17) is 0 Å². The second-order valence-corrected chi connectivity index (χ2v) is 2.90. The van der Waals surface area contributed by atoms with Gasteiger partial charge in [0.15, 0.2) is 5.82 Å². The van der Waals surface area contributed by atoms with Crippen LogP contribution < -0.4 is 5.56 Å². The van der Waals surface area contributed by atoms with E-state index >= 15 is 0 Å². The fraction of sp³-hybridized carbons (Fsp3) is 0. The topological polar surface area (TPSA) is 45.8 Å². The van der Waals surface area contributed by atoms with Crippen molar-refractivity contribution in [1.82, 2.24) is 9.97 Å². The first kappa shape index (κ1) is 9.22. The standard InChI is InChI=1S/C12H8N2O/c15-12-8-9-13-11(14-12)7-6-10-4-2-1-3-5-10/h1-5,8-9H,(H,13,14,15). The summed E-state index contributed by atoms with van der Waals surface area (Å²) in [5, 5.41) is 0. The van der Waals surface area contributed by atoms with Gasteiger partial charge in [-0.3, -0.25) is 9.78 Å². The third-order valence-corrected chi connectivity index (χ3v) is 1.77. The average molecular weight is 196 g/mol. The van der Waals surface area contributed by atoms with Crippen LogP contribution in [0.1, 0.15) is 11.4 Å². The molecule has 2 rings (SSSR count). The number of nitrogens with zero attached hydrogens (tertiary/aromatic N) is 1. The van der Waals surface area contributed by atoms with Crippen LogP contribution in [0, 0.1) is 11.8 Å². The zero-order chi connectivity index (χ0) is 10.5. The predicted molar refractivity (Wildman–Crippen MR) is 57.3 cm³/mol. The van der Waals surface area contributed by atoms with Crippen molar-refractivity contribution in [3.8, 4) is 11.8 Å². The fourth-order valence-electron chi connectivity index (χ4n) is 1.09. The van der Waals surface area contributed by atoms with Gasteiger partial charge in [0.2, 0.25) is 0 Å². The molecule has 0 saturated heterocycles. The minimum atomic E-state index is -0.192. The Hall–Kier alpha value is -2.34. The van der Waals surface area contributed by atoms with Gasteiger partial charge in [0.25, 0.3) is 5.56 Å². The number of rotatable bonds is 0.